The summed E-state index contributed by atoms with van der Waals surface area (Å²) < 4.78 is 21.8. The molecule has 0 aliphatic heterocycles. The average Bonchev–Trinajstić information content (AvgIpc) is 3.31. The van der Waals surface area contributed by atoms with Gasteiger partial charge in [-0.3, -0.25) is 9.59 Å². The molecule has 44 heavy (non-hydrogen) atoms. The summed E-state index contributed by atoms with van der Waals surface area (Å²) in [5, 5.41) is 17.2. The Balaban J connectivity index is 1.64. The first-order valence-electron chi connectivity index (χ1n) is 14.4. The molecule has 0 heterocycles. The maximum atomic E-state index is 16.3. The Labute approximate surface area is 272 Å². The number of hydrogen-bond donors (Lipinski definition) is 3. The Morgan fingerprint density at radius 3 is 2.57 bits per heavy atom. The topological polar surface area (TPSA) is 91.2 Å². The van der Waals surface area contributed by atoms with E-state index < -0.39 is 23.1 Å². The van der Waals surface area contributed by atoms with Crippen molar-refractivity contribution < 1.29 is 18.7 Å². The minimum atomic E-state index is -1.38. The number of nitrogens with one attached hydrogen (secondary N) is 2. The summed E-state index contributed by atoms with van der Waals surface area (Å²) in [6, 6.07) is 15.9. The second-order valence-corrected chi connectivity index (χ2v) is 13.9. The van der Waals surface area contributed by atoms with Crippen molar-refractivity contribution in [3.63, 3.8) is 0 Å². The predicted molar refractivity (Wildman–Crippen MR) is 175 cm³/mol. The summed E-state index contributed by atoms with van der Waals surface area (Å²) in [6.45, 7) is 6.62. The number of methoxy groups -OCH3 is 1. The first-order chi connectivity index (χ1) is 20.9. The van der Waals surface area contributed by atoms with Gasteiger partial charge in [0.15, 0.2) is 0 Å². The van der Waals surface area contributed by atoms with Crippen LogP contribution in [0.25, 0.3) is 11.1 Å². The van der Waals surface area contributed by atoms with E-state index in [-0.39, 0.29) is 33.7 Å². The number of benzene rings is 3. The molecule has 0 spiro atoms. The van der Waals surface area contributed by atoms with Crippen molar-refractivity contribution in [1.29, 1.82) is 5.26 Å². The van der Waals surface area contributed by atoms with Crippen molar-refractivity contribution in [3.05, 3.63) is 81.1 Å². The highest BCUT2D eigenvalue weighted by atomic mass is 35.5. The van der Waals surface area contributed by atoms with Gasteiger partial charge in [-0.15, -0.1) is 0 Å². The van der Waals surface area contributed by atoms with Crippen LogP contribution in [0.15, 0.2) is 48.5 Å². The van der Waals surface area contributed by atoms with E-state index in [0.29, 0.717) is 58.3 Å². The van der Waals surface area contributed by atoms with Gasteiger partial charge in [-0.05, 0) is 65.6 Å². The Morgan fingerprint density at radius 1 is 1.16 bits per heavy atom. The van der Waals surface area contributed by atoms with Crippen LogP contribution in [0.3, 0.4) is 0 Å². The maximum Gasteiger partial charge on any atom is 0.251 e. The SMILES string of the molecule is COc1cc(C(=O)NCCS)ccc1NC(=O)[C@@H]1C[C@@H](CC(C)(C)C)[C@]2(C#N)c3c(ccc(Cl)c3F)-c3c(Cl)cccc3[C@@H]12. The highest BCUT2D eigenvalue weighted by molar-refractivity contribution is 7.80. The Bertz CT molecular complexity index is 1690. The minimum absolute atomic E-state index is 0.0849. The normalized spacial score (nSPS) is 21.8. The molecule has 1 saturated carbocycles. The van der Waals surface area contributed by atoms with Crippen LogP contribution in [0.2, 0.25) is 10.0 Å². The number of anilines is 1. The zero-order valence-electron chi connectivity index (χ0n) is 24.9. The molecule has 2 aliphatic carbocycles. The van der Waals surface area contributed by atoms with Crippen LogP contribution >= 0.6 is 35.8 Å². The number of amides is 2. The van der Waals surface area contributed by atoms with Crippen LogP contribution in [0.4, 0.5) is 10.1 Å². The van der Waals surface area contributed by atoms with Crippen LogP contribution in [0, 0.1) is 34.4 Å². The summed E-state index contributed by atoms with van der Waals surface area (Å²) in [5.41, 5.74) is 1.22. The number of nitriles is 1. The molecule has 4 atom stereocenters. The monoisotopic (exact) mass is 653 g/mol. The van der Waals surface area contributed by atoms with Gasteiger partial charge >= 0.3 is 0 Å². The van der Waals surface area contributed by atoms with Gasteiger partial charge in [-0.25, -0.2) is 4.39 Å². The standard InChI is InChI=1S/C34H34Cl2FN3O3S/c1-33(2,3)16-19-15-22(32(42)40-25-11-8-18(14-26(25)43-4)31(41)39-12-13-44)28-20-6-5-7-23(35)27(20)21-9-10-24(36)30(37)29(21)34(19,28)17-38/h5-11,14,19,22,28,44H,12-13,15-16H2,1-4H3,(H,39,41)(H,40,42)/t19-,22+,28-,34-/m0/s1. The molecular weight excluding hydrogens is 620 g/mol. The second-order valence-electron chi connectivity index (χ2n) is 12.6. The Kier molecular flexibility index (Phi) is 8.97. The summed E-state index contributed by atoms with van der Waals surface area (Å²) in [6.07, 6.45) is 0.909. The minimum Gasteiger partial charge on any atom is -0.495 e. The number of fused-ring (bicyclic) bond motifs is 6. The fraction of sp³-hybridized carbons (Fsp3) is 0.382. The van der Waals surface area contributed by atoms with E-state index in [2.05, 4.69) is 50.1 Å². The van der Waals surface area contributed by atoms with Crippen molar-refractivity contribution in [1.82, 2.24) is 5.32 Å². The summed E-state index contributed by atoms with van der Waals surface area (Å²) in [7, 11) is 1.46. The number of carbonyl (C=O) groups is 2. The second kappa shape index (κ2) is 12.3. The van der Waals surface area contributed by atoms with Gasteiger partial charge in [0, 0.05) is 45.8 Å². The first kappa shape index (κ1) is 32.2. The van der Waals surface area contributed by atoms with E-state index >= 15 is 4.39 Å². The van der Waals surface area contributed by atoms with Crippen LogP contribution in [0.5, 0.6) is 5.75 Å². The smallest absolute Gasteiger partial charge is 0.251 e. The number of halogens is 3. The highest BCUT2D eigenvalue weighted by Crippen LogP contribution is 2.66. The number of ether oxygens (including phenoxy) is 1. The van der Waals surface area contributed by atoms with Gasteiger partial charge in [-0.2, -0.15) is 17.9 Å². The van der Waals surface area contributed by atoms with Crippen LogP contribution in [-0.2, 0) is 10.2 Å². The summed E-state index contributed by atoms with van der Waals surface area (Å²) in [4.78, 5) is 26.8. The molecule has 0 unspecified atom stereocenters. The number of nitrogens with zero attached hydrogens (tertiary/aromatic N) is 1. The lowest BCUT2D eigenvalue weighted by Crippen LogP contribution is -2.42. The lowest BCUT2D eigenvalue weighted by molar-refractivity contribution is -0.120. The van der Waals surface area contributed by atoms with Gasteiger partial charge in [0.1, 0.15) is 11.6 Å². The summed E-state index contributed by atoms with van der Waals surface area (Å²) in [5.74, 6) is -2.27. The van der Waals surface area contributed by atoms with Crippen molar-refractivity contribution in [2.75, 3.05) is 24.7 Å². The molecule has 3 aromatic carbocycles. The van der Waals surface area contributed by atoms with Crippen molar-refractivity contribution in [3.8, 4) is 22.9 Å². The average molecular weight is 655 g/mol. The molecule has 0 bridgehead atoms. The van der Waals surface area contributed by atoms with Gasteiger partial charge in [0.25, 0.3) is 5.91 Å². The van der Waals surface area contributed by atoms with Crippen LogP contribution in [0.1, 0.15) is 61.0 Å². The van der Waals surface area contributed by atoms with E-state index in [0.717, 1.165) is 5.56 Å². The lowest BCUT2D eigenvalue weighted by atomic mass is 9.57. The van der Waals surface area contributed by atoms with Gasteiger partial charge in [-0.1, -0.05) is 62.2 Å². The third-order valence-corrected chi connectivity index (χ3v) is 9.56. The molecule has 0 radical (unpaired) electrons. The number of thiol groups is 1. The molecule has 6 nitrogen and oxygen atoms in total. The number of rotatable bonds is 7. The van der Waals surface area contributed by atoms with E-state index in [9.17, 15) is 14.9 Å². The highest BCUT2D eigenvalue weighted by Gasteiger charge is 2.63. The summed E-state index contributed by atoms with van der Waals surface area (Å²) >= 11 is 17.2. The largest absolute Gasteiger partial charge is 0.495 e. The Hall–Kier alpha value is -3.25. The molecule has 2 N–H and O–H groups in total. The maximum absolute atomic E-state index is 16.3. The fourth-order valence-electron chi connectivity index (χ4n) is 7.16. The van der Waals surface area contributed by atoms with Gasteiger partial charge in [0.2, 0.25) is 5.91 Å². The molecule has 0 aromatic heterocycles. The van der Waals surface area contributed by atoms with Crippen LogP contribution in [-0.4, -0.2) is 31.2 Å². The quantitative estimate of drug-likeness (QED) is 0.225. The molecule has 0 saturated heterocycles. The van der Waals surface area contributed by atoms with E-state index in [1.807, 2.05) is 6.07 Å². The number of hydrogen-bond acceptors (Lipinski definition) is 5. The molecule has 10 heteroatoms. The molecule has 1 fully saturated rings. The third kappa shape index (κ3) is 5.44. The molecule has 2 amide bonds. The van der Waals surface area contributed by atoms with Crippen molar-refractivity contribution >= 4 is 53.3 Å². The molecule has 230 valence electrons. The lowest BCUT2D eigenvalue weighted by Gasteiger charge is -2.43. The zero-order valence-corrected chi connectivity index (χ0v) is 27.3. The molecular formula is C34H34Cl2FN3O3S. The van der Waals surface area contributed by atoms with E-state index in [4.69, 9.17) is 27.9 Å². The van der Waals surface area contributed by atoms with Gasteiger partial charge in [0.05, 0.1) is 29.3 Å². The molecule has 3 aromatic rings. The fourth-order valence-corrected chi connectivity index (χ4v) is 7.71. The predicted octanol–water partition coefficient (Wildman–Crippen LogP) is 8.04. The van der Waals surface area contributed by atoms with Crippen molar-refractivity contribution in [2.45, 2.75) is 44.9 Å². The Morgan fingerprint density at radius 2 is 1.91 bits per heavy atom. The zero-order chi connectivity index (χ0) is 32.0. The van der Waals surface area contributed by atoms with Gasteiger partial charge < -0.3 is 15.4 Å². The molecule has 5 rings (SSSR count). The molecule has 2 aliphatic rings. The number of carbonyl (C=O) groups excluding carboxylic acids is 2. The van der Waals surface area contributed by atoms with Crippen LogP contribution < -0.4 is 15.4 Å². The van der Waals surface area contributed by atoms with E-state index in [1.54, 1.807) is 36.4 Å². The first-order valence-corrected chi connectivity index (χ1v) is 15.8. The third-order valence-electron chi connectivity index (χ3n) is 8.73. The van der Waals surface area contributed by atoms with E-state index in [1.165, 1.54) is 13.2 Å². The van der Waals surface area contributed by atoms with Crippen molar-refractivity contribution in [2.24, 2.45) is 17.3 Å².